The van der Waals surface area contributed by atoms with Crippen LogP contribution in [-0.2, 0) is 17.6 Å². The maximum Gasteiger partial charge on any atom is 0.357 e. The Hall–Kier alpha value is -2.05. The maximum absolute atomic E-state index is 14.0. The number of benzene rings is 1. The van der Waals surface area contributed by atoms with Gasteiger partial charge in [-0.25, -0.2) is 14.2 Å². The number of hydrogen-bond donors (Lipinski definition) is 0. The average molecular weight is 603 g/mol. The van der Waals surface area contributed by atoms with Crippen LogP contribution in [0.15, 0.2) is 18.2 Å². The van der Waals surface area contributed by atoms with Crippen LogP contribution < -0.4 is 9.64 Å². The molecule has 4 rings (SSSR count). The third-order valence-corrected chi connectivity index (χ3v) is 7.49. The Labute approximate surface area is 213 Å². The molecule has 0 saturated heterocycles. The van der Waals surface area contributed by atoms with Gasteiger partial charge in [-0.05, 0) is 79.0 Å². The van der Waals surface area contributed by atoms with Gasteiger partial charge in [0, 0.05) is 20.6 Å². The van der Waals surface area contributed by atoms with E-state index in [1.54, 1.807) is 12.1 Å². The van der Waals surface area contributed by atoms with Crippen molar-refractivity contribution in [3.63, 3.8) is 0 Å². The van der Waals surface area contributed by atoms with Crippen molar-refractivity contribution >= 4 is 62.4 Å². The van der Waals surface area contributed by atoms with E-state index in [0.717, 1.165) is 38.2 Å². The molecule has 33 heavy (non-hydrogen) atoms. The summed E-state index contributed by atoms with van der Waals surface area (Å²) in [5.74, 6) is 0.0497. The zero-order valence-electron chi connectivity index (χ0n) is 18.0. The number of fused-ring (bicyclic) bond motifs is 1. The number of esters is 1. The van der Waals surface area contributed by atoms with Crippen molar-refractivity contribution in [1.29, 1.82) is 0 Å². The SMILES string of the molecule is COC(=O)c1nc(N2CCCc3c2nnc(Cl)c3C)sc1CCCOc1ccc(I)cc1F. The van der Waals surface area contributed by atoms with E-state index in [2.05, 4.69) is 15.2 Å². The van der Waals surface area contributed by atoms with Gasteiger partial charge in [0.15, 0.2) is 33.4 Å². The van der Waals surface area contributed by atoms with Crippen molar-refractivity contribution in [3.05, 3.63) is 54.4 Å². The molecule has 174 valence electrons. The monoisotopic (exact) mass is 602 g/mol. The third kappa shape index (κ3) is 5.22. The molecule has 0 aliphatic carbocycles. The second-order valence-corrected chi connectivity index (χ2v) is 10.1. The lowest BCUT2D eigenvalue weighted by molar-refractivity contribution is 0.0593. The molecule has 0 amide bonds. The van der Waals surface area contributed by atoms with Crippen LogP contribution in [-0.4, -0.2) is 41.4 Å². The summed E-state index contributed by atoms with van der Waals surface area (Å²) >= 11 is 9.63. The zero-order valence-corrected chi connectivity index (χ0v) is 21.8. The zero-order chi connectivity index (χ0) is 23.5. The smallest absolute Gasteiger partial charge is 0.357 e. The fraction of sp³-hybridized carbons (Fsp3) is 0.364. The Morgan fingerprint density at radius 3 is 2.94 bits per heavy atom. The third-order valence-electron chi connectivity index (χ3n) is 5.32. The van der Waals surface area contributed by atoms with Crippen LogP contribution in [0.4, 0.5) is 15.3 Å². The summed E-state index contributed by atoms with van der Waals surface area (Å²) in [6.07, 6.45) is 2.90. The Kier molecular flexibility index (Phi) is 7.65. The molecule has 0 N–H and O–H groups in total. The van der Waals surface area contributed by atoms with Crippen LogP contribution in [0.5, 0.6) is 5.75 Å². The molecule has 3 heterocycles. The highest BCUT2D eigenvalue weighted by atomic mass is 127. The first kappa shape index (κ1) is 24.1. The lowest BCUT2D eigenvalue weighted by Gasteiger charge is -2.28. The molecule has 2 aromatic heterocycles. The minimum Gasteiger partial charge on any atom is -0.491 e. The molecule has 0 atom stereocenters. The number of hydrogen-bond acceptors (Lipinski definition) is 8. The van der Waals surface area contributed by atoms with Gasteiger partial charge in [0.2, 0.25) is 0 Å². The van der Waals surface area contributed by atoms with E-state index in [4.69, 9.17) is 21.1 Å². The van der Waals surface area contributed by atoms with E-state index in [9.17, 15) is 9.18 Å². The predicted octanol–water partition coefficient (Wildman–Crippen LogP) is 5.52. The fourth-order valence-corrected chi connectivity index (χ4v) is 5.35. The quantitative estimate of drug-likeness (QED) is 0.200. The fourth-order valence-electron chi connectivity index (χ4n) is 3.63. The molecule has 7 nitrogen and oxygen atoms in total. The van der Waals surface area contributed by atoms with Crippen LogP contribution in [0, 0.1) is 16.3 Å². The predicted molar refractivity (Wildman–Crippen MR) is 133 cm³/mol. The number of halogens is 3. The normalized spacial score (nSPS) is 13.1. The second-order valence-electron chi connectivity index (χ2n) is 7.46. The van der Waals surface area contributed by atoms with Crippen molar-refractivity contribution in [3.8, 4) is 5.75 Å². The summed E-state index contributed by atoms with van der Waals surface area (Å²) in [7, 11) is 1.33. The summed E-state index contributed by atoms with van der Waals surface area (Å²) in [6.45, 7) is 2.95. The number of methoxy groups -OCH3 is 1. The minimum atomic E-state index is -0.493. The lowest BCUT2D eigenvalue weighted by atomic mass is 10.0. The van der Waals surface area contributed by atoms with Crippen molar-refractivity contribution in [2.24, 2.45) is 0 Å². The summed E-state index contributed by atoms with van der Waals surface area (Å²) in [4.78, 5) is 19.7. The van der Waals surface area contributed by atoms with Gasteiger partial charge in [0.05, 0.1) is 13.7 Å². The van der Waals surface area contributed by atoms with E-state index in [0.29, 0.717) is 36.3 Å². The van der Waals surface area contributed by atoms with Gasteiger partial charge in [0.1, 0.15) is 0 Å². The first-order chi connectivity index (χ1) is 15.9. The minimum absolute atomic E-state index is 0.214. The van der Waals surface area contributed by atoms with Crippen LogP contribution in [0.2, 0.25) is 5.15 Å². The number of rotatable bonds is 7. The van der Waals surface area contributed by atoms with E-state index in [-0.39, 0.29) is 11.4 Å². The number of anilines is 2. The number of aromatic nitrogens is 3. The number of carbonyl (C=O) groups is 1. The van der Waals surface area contributed by atoms with Crippen LogP contribution in [0.3, 0.4) is 0 Å². The largest absolute Gasteiger partial charge is 0.491 e. The van der Waals surface area contributed by atoms with Gasteiger partial charge in [-0.15, -0.1) is 21.5 Å². The first-order valence-corrected chi connectivity index (χ1v) is 12.6. The lowest BCUT2D eigenvalue weighted by Crippen LogP contribution is -2.27. The average Bonchev–Trinajstić information content (AvgIpc) is 3.23. The molecular weight excluding hydrogens is 582 g/mol. The van der Waals surface area contributed by atoms with E-state index < -0.39 is 11.8 Å². The summed E-state index contributed by atoms with van der Waals surface area (Å²) in [5, 5.41) is 9.42. The molecule has 0 fully saturated rings. The first-order valence-electron chi connectivity index (χ1n) is 10.3. The second kappa shape index (κ2) is 10.5. The highest BCUT2D eigenvalue weighted by Gasteiger charge is 2.28. The maximum atomic E-state index is 14.0. The number of thiazole rings is 1. The Morgan fingerprint density at radius 1 is 1.36 bits per heavy atom. The summed E-state index contributed by atoms with van der Waals surface area (Å²) in [5.41, 5.74) is 2.24. The number of carbonyl (C=O) groups excluding carboxylic acids is 1. The molecule has 1 aliphatic rings. The van der Waals surface area contributed by atoms with Gasteiger partial charge in [0.25, 0.3) is 0 Å². The molecule has 1 aromatic carbocycles. The molecular formula is C22H21ClFIN4O3S. The van der Waals surface area contributed by atoms with Crippen LogP contribution in [0.25, 0.3) is 0 Å². The summed E-state index contributed by atoms with van der Waals surface area (Å²) < 4.78 is 25.3. The molecule has 0 saturated carbocycles. The van der Waals surface area contributed by atoms with E-state index >= 15 is 0 Å². The molecule has 0 bridgehead atoms. The van der Waals surface area contributed by atoms with E-state index in [1.165, 1.54) is 24.5 Å². The molecule has 11 heteroatoms. The molecule has 0 radical (unpaired) electrons. The van der Waals surface area contributed by atoms with Crippen molar-refractivity contribution in [1.82, 2.24) is 15.2 Å². The molecule has 1 aliphatic heterocycles. The van der Waals surface area contributed by atoms with Gasteiger partial charge in [-0.1, -0.05) is 11.6 Å². The van der Waals surface area contributed by atoms with Crippen molar-refractivity contribution in [2.75, 3.05) is 25.2 Å². The number of aryl methyl sites for hydroxylation is 1. The molecule has 0 unspecified atom stereocenters. The van der Waals surface area contributed by atoms with Gasteiger partial charge in [-0.3, -0.25) is 0 Å². The summed E-state index contributed by atoms with van der Waals surface area (Å²) in [6, 6.07) is 4.83. The molecule has 3 aromatic rings. The topological polar surface area (TPSA) is 77.4 Å². The number of ether oxygens (including phenoxy) is 2. The standard InChI is InChI=1S/C22H21ClFIN4O3S/c1-12-14-5-3-9-29(20(14)28-27-19(12)23)22-26-18(21(30)31-2)17(33-22)6-4-10-32-16-8-7-13(25)11-15(16)24/h7-8,11H,3-6,9-10H2,1-2H3. The highest BCUT2D eigenvalue weighted by molar-refractivity contribution is 14.1. The van der Waals surface area contributed by atoms with Gasteiger partial charge in [-0.2, -0.15) is 0 Å². The Bertz CT molecular complexity index is 1190. The van der Waals surface area contributed by atoms with E-state index in [1.807, 2.05) is 34.4 Å². The van der Waals surface area contributed by atoms with Crippen molar-refractivity contribution < 1.29 is 18.7 Å². The van der Waals surface area contributed by atoms with Crippen molar-refractivity contribution in [2.45, 2.75) is 32.6 Å². The Balaban J connectivity index is 1.52. The number of nitrogens with zero attached hydrogens (tertiary/aromatic N) is 4. The van der Waals surface area contributed by atoms with Crippen LogP contribution in [0.1, 0.15) is 39.3 Å². The van der Waals surface area contributed by atoms with Gasteiger partial charge >= 0.3 is 5.97 Å². The Morgan fingerprint density at radius 2 is 2.18 bits per heavy atom. The van der Waals surface area contributed by atoms with Gasteiger partial charge < -0.3 is 14.4 Å². The highest BCUT2D eigenvalue weighted by Crippen LogP contribution is 2.38. The van der Waals surface area contributed by atoms with Crippen LogP contribution >= 0.6 is 45.5 Å². The molecule has 0 spiro atoms.